The van der Waals surface area contributed by atoms with E-state index in [0.717, 1.165) is 32.4 Å². The molecule has 0 spiro atoms. The Morgan fingerprint density at radius 3 is 1.77 bits per heavy atom. The standard InChI is InChI=1S/C28H58NO5P/c1-4-5-6-7-8-9-10-11-12-13-14-15-16-17-19-22-32-25-28(24-27(2)30)26-34-35(31)33-23-20-18-21-29-3/h28-29,31H,4-26H2,1-3H3/p+1. The molecular formula is C28H59NO5P+. The molecule has 0 bridgehead atoms. The van der Waals surface area contributed by atoms with Gasteiger partial charge in [-0.1, -0.05) is 96.8 Å². The molecule has 0 amide bonds. The van der Waals surface area contributed by atoms with Crippen molar-refractivity contribution in [3.63, 3.8) is 0 Å². The average molecular weight is 521 g/mol. The monoisotopic (exact) mass is 520 g/mol. The van der Waals surface area contributed by atoms with Gasteiger partial charge >= 0.3 is 8.60 Å². The van der Waals surface area contributed by atoms with Gasteiger partial charge in [0.25, 0.3) is 0 Å². The summed E-state index contributed by atoms with van der Waals surface area (Å²) in [7, 11) is 0.166. The molecular weight excluding hydrogens is 461 g/mol. The molecule has 0 fully saturated rings. The van der Waals surface area contributed by atoms with E-state index in [1.165, 1.54) is 89.9 Å². The minimum absolute atomic E-state index is 0.0284. The molecule has 0 heterocycles. The van der Waals surface area contributed by atoms with Crippen molar-refractivity contribution in [2.24, 2.45) is 5.92 Å². The van der Waals surface area contributed by atoms with Gasteiger partial charge < -0.3 is 28.8 Å². The summed E-state index contributed by atoms with van der Waals surface area (Å²) in [5, 5.41) is 2.13. The van der Waals surface area contributed by atoms with E-state index >= 15 is 0 Å². The van der Waals surface area contributed by atoms with E-state index in [-0.39, 0.29) is 11.7 Å². The number of carbonyl (C=O) groups excluding carboxylic acids is 1. The number of Topliss-reactive ketones (excluding diaryl/α,β-unsaturated/α-hetero) is 1. The highest BCUT2D eigenvalue weighted by Crippen LogP contribution is 2.33. The molecule has 3 N–H and O–H groups in total. The predicted molar refractivity (Wildman–Crippen MR) is 148 cm³/mol. The molecule has 0 aromatic rings. The Hall–Kier alpha value is -0.100. The van der Waals surface area contributed by atoms with Gasteiger partial charge in [-0.3, -0.25) is 0 Å². The predicted octanol–water partition coefficient (Wildman–Crippen LogP) is 6.70. The van der Waals surface area contributed by atoms with Crippen LogP contribution in [0.3, 0.4) is 0 Å². The minimum atomic E-state index is -1.88. The number of hydrogen-bond acceptors (Lipinski definition) is 5. The summed E-state index contributed by atoms with van der Waals surface area (Å²) >= 11 is 0. The maximum absolute atomic E-state index is 11.6. The number of ketones is 1. The lowest BCUT2D eigenvalue weighted by molar-refractivity contribution is -0.627. The first-order chi connectivity index (χ1) is 17.1. The number of rotatable bonds is 29. The number of quaternary nitrogens is 1. The first-order valence-corrected chi connectivity index (χ1v) is 15.8. The Morgan fingerprint density at radius 1 is 0.743 bits per heavy atom. The van der Waals surface area contributed by atoms with Crippen LogP contribution in [0.1, 0.15) is 129 Å². The summed E-state index contributed by atoms with van der Waals surface area (Å²) in [4.78, 5) is 21.4. The third kappa shape index (κ3) is 28.3. The average Bonchev–Trinajstić information content (AvgIpc) is 2.83. The lowest BCUT2D eigenvalue weighted by Gasteiger charge is -2.18. The van der Waals surface area contributed by atoms with Crippen LogP contribution in [0.2, 0.25) is 0 Å². The Kier molecular flexibility index (Phi) is 28.4. The van der Waals surface area contributed by atoms with Gasteiger partial charge in [-0.2, -0.15) is 0 Å². The highest BCUT2D eigenvalue weighted by atomic mass is 31.2. The molecule has 2 atom stereocenters. The number of hydrogen-bond donors (Lipinski definition) is 2. The minimum Gasteiger partial charge on any atom is -0.381 e. The lowest BCUT2D eigenvalue weighted by atomic mass is 10.0. The molecule has 35 heavy (non-hydrogen) atoms. The molecule has 0 saturated heterocycles. The molecule has 0 radical (unpaired) electrons. The summed E-state index contributed by atoms with van der Waals surface area (Å²) in [5.74, 6) is 0.0902. The molecule has 0 rings (SSSR count). The van der Waals surface area contributed by atoms with Crippen LogP contribution in [-0.2, 0) is 18.6 Å². The molecule has 0 aliphatic rings. The van der Waals surface area contributed by atoms with Gasteiger partial charge in [0.2, 0.25) is 0 Å². The van der Waals surface area contributed by atoms with E-state index in [9.17, 15) is 9.69 Å². The topological polar surface area (TPSA) is 81.6 Å². The maximum Gasteiger partial charge on any atom is 0.329 e. The maximum atomic E-state index is 11.6. The molecule has 0 aromatic heterocycles. The normalized spacial score (nSPS) is 13.3. The van der Waals surface area contributed by atoms with Crippen LogP contribution in [-0.4, -0.2) is 50.7 Å². The van der Waals surface area contributed by atoms with Gasteiger partial charge in [0.1, 0.15) is 5.78 Å². The van der Waals surface area contributed by atoms with Gasteiger partial charge in [0.15, 0.2) is 0 Å². The summed E-state index contributed by atoms with van der Waals surface area (Å²) in [6.45, 7) is 6.95. The van der Waals surface area contributed by atoms with Crippen LogP contribution in [0.5, 0.6) is 0 Å². The zero-order valence-corrected chi connectivity index (χ0v) is 24.3. The Labute approximate surface area is 218 Å². The van der Waals surface area contributed by atoms with Crippen molar-refractivity contribution in [3.8, 4) is 0 Å². The highest BCUT2D eigenvalue weighted by molar-refractivity contribution is 7.40. The second-order valence-electron chi connectivity index (χ2n) is 10.1. The number of unbranched alkanes of at least 4 members (excludes halogenated alkanes) is 15. The third-order valence-electron chi connectivity index (χ3n) is 6.33. The quantitative estimate of drug-likeness (QED) is 0.0848. The molecule has 2 unspecified atom stereocenters. The zero-order chi connectivity index (χ0) is 25.8. The van der Waals surface area contributed by atoms with Crippen molar-refractivity contribution in [2.45, 2.75) is 129 Å². The molecule has 0 aliphatic heterocycles. The van der Waals surface area contributed by atoms with E-state index in [2.05, 4.69) is 12.2 Å². The molecule has 6 nitrogen and oxygen atoms in total. The van der Waals surface area contributed by atoms with Crippen LogP contribution >= 0.6 is 8.60 Å². The fraction of sp³-hybridized carbons (Fsp3) is 0.964. The van der Waals surface area contributed by atoms with E-state index < -0.39 is 8.60 Å². The zero-order valence-electron chi connectivity index (χ0n) is 23.4. The SMILES string of the molecule is CCCCCCCCCCCCCCCCCOCC(COP(O)OCCCC[NH2+]C)CC(C)=O. The van der Waals surface area contributed by atoms with Gasteiger partial charge in [0.05, 0.1) is 33.4 Å². The summed E-state index contributed by atoms with van der Waals surface area (Å²) in [5.41, 5.74) is 0. The summed E-state index contributed by atoms with van der Waals surface area (Å²) in [6, 6.07) is 0. The van der Waals surface area contributed by atoms with Gasteiger partial charge in [-0.25, -0.2) is 0 Å². The fourth-order valence-electron chi connectivity index (χ4n) is 4.20. The smallest absolute Gasteiger partial charge is 0.329 e. The van der Waals surface area contributed by atoms with Crippen molar-refractivity contribution in [2.75, 3.05) is 40.0 Å². The molecule has 210 valence electrons. The molecule has 0 saturated carbocycles. The lowest BCUT2D eigenvalue weighted by Crippen LogP contribution is -2.79. The van der Waals surface area contributed by atoms with Gasteiger partial charge in [-0.05, 0) is 26.2 Å². The largest absolute Gasteiger partial charge is 0.381 e. The molecule has 0 aromatic carbocycles. The number of ether oxygens (including phenoxy) is 1. The van der Waals surface area contributed by atoms with Crippen molar-refractivity contribution in [1.82, 2.24) is 0 Å². The highest BCUT2D eigenvalue weighted by Gasteiger charge is 2.16. The van der Waals surface area contributed by atoms with Crippen molar-refractivity contribution in [3.05, 3.63) is 0 Å². The Morgan fingerprint density at radius 2 is 1.26 bits per heavy atom. The first kappa shape index (κ1) is 34.9. The fourth-order valence-corrected chi connectivity index (χ4v) is 4.90. The Balaban J connectivity index is 3.56. The molecule has 0 aliphatic carbocycles. The van der Waals surface area contributed by atoms with Crippen LogP contribution in [0.15, 0.2) is 0 Å². The van der Waals surface area contributed by atoms with Crippen LogP contribution < -0.4 is 5.32 Å². The van der Waals surface area contributed by atoms with Crippen LogP contribution in [0, 0.1) is 5.92 Å². The Bertz CT molecular complexity index is 442. The van der Waals surface area contributed by atoms with Crippen LogP contribution in [0.25, 0.3) is 0 Å². The van der Waals surface area contributed by atoms with Crippen LogP contribution in [0.4, 0.5) is 0 Å². The number of carbonyl (C=O) groups is 1. The van der Waals surface area contributed by atoms with E-state index in [1.54, 1.807) is 6.92 Å². The van der Waals surface area contributed by atoms with Gasteiger partial charge in [0, 0.05) is 18.9 Å². The van der Waals surface area contributed by atoms with E-state index in [0.29, 0.717) is 26.2 Å². The molecule has 7 heteroatoms. The van der Waals surface area contributed by atoms with Gasteiger partial charge in [-0.15, -0.1) is 0 Å². The van der Waals surface area contributed by atoms with Crippen molar-refractivity contribution < 1.29 is 28.8 Å². The van der Waals surface area contributed by atoms with Crippen molar-refractivity contribution >= 4 is 14.4 Å². The third-order valence-corrected chi connectivity index (χ3v) is 7.10. The summed E-state index contributed by atoms with van der Waals surface area (Å²) in [6.07, 6.45) is 22.7. The second-order valence-corrected chi connectivity index (χ2v) is 11.1. The van der Waals surface area contributed by atoms with Crippen molar-refractivity contribution in [1.29, 1.82) is 0 Å². The van der Waals surface area contributed by atoms with E-state index in [1.807, 2.05) is 7.05 Å². The first-order valence-electron chi connectivity index (χ1n) is 14.7. The second kappa shape index (κ2) is 28.5. The van der Waals surface area contributed by atoms with E-state index in [4.69, 9.17) is 13.8 Å². The summed E-state index contributed by atoms with van der Waals surface area (Å²) < 4.78 is 16.6. The number of nitrogens with two attached hydrogens (primary N) is 1.